The molecule has 0 aliphatic heterocycles. The maximum absolute atomic E-state index is 13.2. The normalized spacial score (nSPS) is 14.2. The molecule has 12 heteroatoms. The number of carbonyl (C=O) groups is 4. The van der Waals surface area contributed by atoms with E-state index in [9.17, 15) is 24.0 Å². The Hall–Kier alpha value is -3.25. The monoisotopic (exact) mass is 608 g/mol. The van der Waals surface area contributed by atoms with Crippen LogP contribution in [0.3, 0.4) is 0 Å². The summed E-state index contributed by atoms with van der Waals surface area (Å²) in [6.07, 6.45) is 1.19. The number of esters is 4. The molecule has 0 bridgehead atoms. The summed E-state index contributed by atoms with van der Waals surface area (Å²) in [5, 5.41) is 0.585. The number of nitrogens with zero attached hydrogens (tertiary/aromatic N) is 2. The van der Waals surface area contributed by atoms with Gasteiger partial charge in [-0.25, -0.2) is 3.96 Å². The smallest absolute Gasteiger partial charge is 0.312 e. The van der Waals surface area contributed by atoms with E-state index in [1.165, 1.54) is 15.5 Å². The molecule has 1 heterocycles. The van der Waals surface area contributed by atoms with E-state index in [0.29, 0.717) is 24.9 Å². The number of ether oxygens (including phenoxy) is 4. The van der Waals surface area contributed by atoms with Gasteiger partial charge in [-0.05, 0) is 52.8 Å². The lowest BCUT2D eigenvalue weighted by Gasteiger charge is -2.29. The second-order valence-corrected chi connectivity index (χ2v) is 11.9. The quantitative estimate of drug-likeness (QED) is 0.180. The topological polar surface area (TPSA) is 130 Å². The molecule has 0 aliphatic carbocycles. The molecule has 0 spiro atoms. The van der Waals surface area contributed by atoms with Crippen LogP contribution in [0.15, 0.2) is 29.1 Å². The van der Waals surface area contributed by atoms with Crippen LogP contribution < -0.4 is 5.56 Å². The van der Waals surface area contributed by atoms with Gasteiger partial charge >= 0.3 is 23.9 Å². The molecular formula is C30H44N2O9S. The number of fused-ring (bicyclic) bond motifs is 1. The van der Waals surface area contributed by atoms with Crippen LogP contribution in [0.5, 0.6) is 0 Å². The number of benzene rings is 1. The zero-order valence-corrected chi connectivity index (χ0v) is 26.3. The fraction of sp³-hybridized carbons (Fsp3) is 0.633. The van der Waals surface area contributed by atoms with Gasteiger partial charge in [0.25, 0.3) is 5.56 Å². The Balaban J connectivity index is 1.85. The summed E-state index contributed by atoms with van der Waals surface area (Å²) in [4.78, 5) is 64.5. The highest BCUT2D eigenvalue weighted by Crippen LogP contribution is 2.33. The minimum Gasteiger partial charge on any atom is -0.466 e. The standard InChI is InChI=1S/C30H44N2O9S/c1-7-11-22(4)41-26(34)19-30(5,18-21(3)28(36)38-8-2)29(37)39-17-16-31(6)15-14-25(33)40-20-32-27(35)23-12-9-10-13-24(23)42-32/h9-10,12-13,21-22H,7-8,11,14-20H2,1-6H3. The largest absolute Gasteiger partial charge is 0.466 e. The lowest BCUT2D eigenvalue weighted by Crippen LogP contribution is -2.38. The molecule has 0 amide bonds. The molecule has 0 fully saturated rings. The van der Waals surface area contributed by atoms with Crippen molar-refractivity contribution in [2.24, 2.45) is 11.3 Å². The maximum Gasteiger partial charge on any atom is 0.312 e. The van der Waals surface area contributed by atoms with E-state index in [-0.39, 0.29) is 50.9 Å². The molecular weight excluding hydrogens is 564 g/mol. The number of carbonyl (C=O) groups excluding carboxylic acids is 4. The van der Waals surface area contributed by atoms with Crippen molar-refractivity contribution < 1.29 is 38.1 Å². The predicted octanol–water partition coefficient (Wildman–Crippen LogP) is 4.15. The summed E-state index contributed by atoms with van der Waals surface area (Å²) in [6, 6.07) is 7.20. The van der Waals surface area contributed by atoms with E-state index < -0.39 is 35.2 Å². The summed E-state index contributed by atoms with van der Waals surface area (Å²) in [5.74, 6) is -2.67. The van der Waals surface area contributed by atoms with Gasteiger partial charge in [-0.2, -0.15) is 0 Å². The van der Waals surface area contributed by atoms with Crippen LogP contribution in [0.2, 0.25) is 0 Å². The third kappa shape index (κ3) is 10.9. The van der Waals surface area contributed by atoms with Gasteiger partial charge in [0.1, 0.15) is 6.61 Å². The summed E-state index contributed by atoms with van der Waals surface area (Å²) >= 11 is 1.24. The van der Waals surface area contributed by atoms with Gasteiger partial charge in [0.2, 0.25) is 0 Å². The Morgan fingerprint density at radius 1 is 1.02 bits per heavy atom. The Morgan fingerprint density at radius 3 is 2.40 bits per heavy atom. The number of hydrogen-bond donors (Lipinski definition) is 0. The van der Waals surface area contributed by atoms with Gasteiger partial charge in [-0.1, -0.05) is 43.9 Å². The van der Waals surface area contributed by atoms with E-state index in [4.69, 9.17) is 18.9 Å². The number of likely N-dealkylation sites (N-methyl/N-ethyl adjacent to an activating group) is 1. The van der Waals surface area contributed by atoms with Crippen molar-refractivity contribution in [3.05, 3.63) is 34.6 Å². The van der Waals surface area contributed by atoms with Crippen LogP contribution in [-0.2, 0) is 44.9 Å². The molecule has 42 heavy (non-hydrogen) atoms. The highest BCUT2D eigenvalue weighted by molar-refractivity contribution is 7.13. The van der Waals surface area contributed by atoms with E-state index >= 15 is 0 Å². The first-order chi connectivity index (χ1) is 19.9. The van der Waals surface area contributed by atoms with Crippen molar-refractivity contribution in [1.29, 1.82) is 0 Å². The summed E-state index contributed by atoms with van der Waals surface area (Å²) in [7, 11) is 1.77. The Labute approximate surface area is 251 Å². The van der Waals surface area contributed by atoms with Crippen molar-refractivity contribution in [2.45, 2.75) is 79.6 Å². The van der Waals surface area contributed by atoms with Crippen LogP contribution in [0, 0.1) is 11.3 Å². The zero-order chi connectivity index (χ0) is 31.3. The molecule has 2 rings (SSSR count). The highest BCUT2D eigenvalue weighted by Gasteiger charge is 2.41. The molecule has 1 aromatic carbocycles. The minimum absolute atomic E-state index is 0.0201. The Bertz CT molecular complexity index is 1260. The number of aromatic nitrogens is 1. The van der Waals surface area contributed by atoms with Crippen molar-refractivity contribution in [2.75, 3.05) is 33.4 Å². The maximum atomic E-state index is 13.2. The van der Waals surface area contributed by atoms with Gasteiger partial charge in [0.05, 0.1) is 47.0 Å². The number of hydrogen-bond acceptors (Lipinski definition) is 11. The lowest BCUT2D eigenvalue weighted by molar-refractivity contribution is -0.166. The van der Waals surface area contributed by atoms with E-state index in [2.05, 4.69) is 0 Å². The second kappa shape index (κ2) is 17.0. The molecule has 11 nitrogen and oxygen atoms in total. The van der Waals surface area contributed by atoms with E-state index in [1.807, 2.05) is 19.1 Å². The fourth-order valence-corrected chi connectivity index (χ4v) is 5.41. The van der Waals surface area contributed by atoms with Crippen molar-refractivity contribution in [3.8, 4) is 0 Å². The summed E-state index contributed by atoms with van der Waals surface area (Å²) < 4.78 is 23.6. The van der Waals surface area contributed by atoms with Gasteiger partial charge in [-0.3, -0.25) is 24.0 Å². The fourth-order valence-electron chi connectivity index (χ4n) is 4.49. The number of rotatable bonds is 18. The third-order valence-corrected chi connectivity index (χ3v) is 7.84. The average Bonchev–Trinajstić information content (AvgIpc) is 3.25. The molecule has 2 aromatic rings. The predicted molar refractivity (Wildman–Crippen MR) is 159 cm³/mol. The van der Waals surface area contributed by atoms with Crippen LogP contribution in [0.1, 0.15) is 66.7 Å². The Kier molecular flexibility index (Phi) is 14.2. The van der Waals surface area contributed by atoms with E-state index in [1.54, 1.807) is 51.8 Å². The van der Waals surface area contributed by atoms with Gasteiger partial charge in [-0.15, -0.1) is 0 Å². The SMILES string of the molecule is CCCC(C)OC(=O)CC(C)(CC(C)C(=O)OCC)C(=O)OCCN(C)CCC(=O)OCn1sc2ccccc2c1=O. The Morgan fingerprint density at radius 2 is 1.74 bits per heavy atom. The molecule has 0 radical (unpaired) electrons. The molecule has 0 saturated heterocycles. The molecule has 0 aliphatic rings. The van der Waals surface area contributed by atoms with Gasteiger partial charge < -0.3 is 23.8 Å². The third-order valence-electron chi connectivity index (χ3n) is 6.80. The van der Waals surface area contributed by atoms with Crippen LogP contribution in [0.4, 0.5) is 0 Å². The summed E-state index contributed by atoms with van der Waals surface area (Å²) in [5.41, 5.74) is -1.49. The van der Waals surface area contributed by atoms with Gasteiger partial charge in [0, 0.05) is 13.1 Å². The second-order valence-electron chi connectivity index (χ2n) is 10.8. The van der Waals surface area contributed by atoms with Crippen molar-refractivity contribution in [1.82, 2.24) is 8.86 Å². The first-order valence-corrected chi connectivity index (χ1v) is 15.1. The minimum atomic E-state index is -1.29. The van der Waals surface area contributed by atoms with Crippen LogP contribution in [0.25, 0.3) is 10.1 Å². The molecule has 1 aromatic heterocycles. The average molecular weight is 609 g/mol. The molecule has 0 saturated carbocycles. The molecule has 0 N–H and O–H groups in total. The molecule has 3 unspecified atom stereocenters. The first-order valence-electron chi connectivity index (χ1n) is 14.4. The van der Waals surface area contributed by atoms with Crippen LogP contribution in [-0.4, -0.2) is 72.2 Å². The van der Waals surface area contributed by atoms with Crippen LogP contribution >= 0.6 is 11.5 Å². The van der Waals surface area contributed by atoms with Crippen molar-refractivity contribution in [3.63, 3.8) is 0 Å². The highest BCUT2D eigenvalue weighted by atomic mass is 32.1. The lowest BCUT2D eigenvalue weighted by atomic mass is 9.78. The summed E-state index contributed by atoms with van der Waals surface area (Å²) in [6.45, 7) is 9.49. The van der Waals surface area contributed by atoms with Gasteiger partial charge in [0.15, 0.2) is 6.73 Å². The molecule has 234 valence electrons. The van der Waals surface area contributed by atoms with Crippen molar-refractivity contribution >= 4 is 45.5 Å². The molecule has 3 atom stereocenters. The van der Waals surface area contributed by atoms with E-state index in [0.717, 1.165) is 11.1 Å². The first kappa shape index (κ1) is 34.9. The zero-order valence-electron chi connectivity index (χ0n) is 25.5.